The predicted molar refractivity (Wildman–Crippen MR) is 150 cm³/mol. The van der Waals surface area contributed by atoms with E-state index in [-0.39, 0.29) is 11.7 Å². The molecule has 6 aromatic rings. The topological polar surface area (TPSA) is 101 Å². The van der Waals surface area contributed by atoms with Crippen LogP contribution in [0.3, 0.4) is 0 Å². The lowest BCUT2D eigenvalue weighted by Gasteiger charge is -2.17. The Kier molecular flexibility index (Phi) is 5.71. The second kappa shape index (κ2) is 9.13. The molecule has 1 amide bonds. The van der Waals surface area contributed by atoms with Crippen molar-refractivity contribution in [2.75, 3.05) is 5.32 Å². The van der Waals surface area contributed by atoms with Gasteiger partial charge in [-0.05, 0) is 54.1 Å². The third-order valence-electron chi connectivity index (χ3n) is 6.60. The van der Waals surface area contributed by atoms with Crippen molar-refractivity contribution < 1.29 is 9.18 Å². The second-order valence-corrected chi connectivity index (χ2v) is 10.5. The number of pyridine rings is 2. The number of nitrogens with zero attached hydrogens (tertiary/aromatic N) is 5. The number of amides is 1. The summed E-state index contributed by atoms with van der Waals surface area (Å²) in [7, 11) is 1.89. The number of halogens is 1. The van der Waals surface area contributed by atoms with E-state index in [1.807, 2.05) is 56.8 Å². The number of hydrogen-bond acceptors (Lipinski definition) is 5. The Hall–Kier alpha value is -4.92. The zero-order valence-electron chi connectivity index (χ0n) is 22.0. The molecule has 194 valence electrons. The second-order valence-electron chi connectivity index (χ2n) is 10.5. The maximum absolute atomic E-state index is 13.5. The number of aryl methyl sites for hydroxylation is 1. The molecule has 0 bridgehead atoms. The van der Waals surface area contributed by atoms with Gasteiger partial charge in [0, 0.05) is 41.4 Å². The van der Waals surface area contributed by atoms with Crippen molar-refractivity contribution >= 4 is 33.5 Å². The number of anilines is 1. The highest BCUT2D eigenvalue weighted by molar-refractivity contribution is 5.98. The molecule has 6 rings (SSSR count). The number of carbonyl (C=O) groups is 1. The Morgan fingerprint density at radius 3 is 2.49 bits per heavy atom. The first-order valence-corrected chi connectivity index (χ1v) is 12.5. The van der Waals surface area contributed by atoms with Gasteiger partial charge < -0.3 is 10.3 Å². The third-order valence-corrected chi connectivity index (χ3v) is 6.60. The Morgan fingerprint density at radius 1 is 0.949 bits per heavy atom. The van der Waals surface area contributed by atoms with Gasteiger partial charge in [-0.1, -0.05) is 26.8 Å². The van der Waals surface area contributed by atoms with Gasteiger partial charge in [0.1, 0.15) is 17.0 Å². The number of nitrogens with one attached hydrogen (secondary N) is 2. The van der Waals surface area contributed by atoms with E-state index in [0.29, 0.717) is 28.4 Å². The average molecular weight is 520 g/mol. The Morgan fingerprint density at radius 2 is 1.72 bits per heavy atom. The minimum Gasteiger partial charge on any atom is -0.336 e. The molecule has 4 aromatic heterocycles. The van der Waals surface area contributed by atoms with Crippen LogP contribution < -0.4 is 5.32 Å². The molecule has 0 fully saturated rings. The first kappa shape index (κ1) is 24.4. The predicted octanol–water partition coefficient (Wildman–Crippen LogP) is 6.36. The number of carbonyl (C=O) groups excluding carboxylic acids is 1. The van der Waals surface area contributed by atoms with Gasteiger partial charge in [0.05, 0.1) is 28.6 Å². The molecule has 9 heteroatoms. The molecule has 0 saturated carbocycles. The fourth-order valence-electron chi connectivity index (χ4n) is 4.47. The first-order valence-electron chi connectivity index (χ1n) is 12.5. The highest BCUT2D eigenvalue weighted by Gasteiger charge is 2.22. The van der Waals surface area contributed by atoms with Gasteiger partial charge in [-0.2, -0.15) is 5.10 Å². The van der Waals surface area contributed by atoms with Crippen LogP contribution in [0.25, 0.3) is 55.8 Å². The van der Waals surface area contributed by atoms with Crippen LogP contribution in [0, 0.1) is 11.2 Å². The van der Waals surface area contributed by atoms with Crippen molar-refractivity contribution in [1.29, 1.82) is 0 Å². The molecule has 0 unspecified atom stereocenters. The average Bonchev–Trinajstić information content (AvgIpc) is 3.49. The van der Waals surface area contributed by atoms with E-state index in [1.54, 1.807) is 30.7 Å². The molecule has 39 heavy (non-hydrogen) atoms. The molecule has 0 aliphatic rings. The SMILES string of the molecule is Cn1nc(-c2nc3c(-c4ccc(F)cc4)nccc3[nH]2)c2cc(-c3cncc(NC(=O)C(C)(C)C)c3)ccc21. The smallest absolute Gasteiger partial charge is 0.229 e. The van der Waals surface area contributed by atoms with Crippen LogP contribution in [0.15, 0.2) is 73.2 Å². The standard InChI is InChI=1S/C30H26FN7O/c1-30(2,3)29(39)34-21-13-19(15-32-16-21)18-7-10-24-22(14-18)26(37-38(24)4)28-35-23-11-12-33-25(27(23)36-28)17-5-8-20(31)9-6-17/h5-16H,1-4H3,(H,34,39)(H,35,36). The minimum absolute atomic E-state index is 0.0779. The number of benzene rings is 2. The van der Waals surface area contributed by atoms with Gasteiger partial charge in [-0.25, -0.2) is 9.37 Å². The number of imidazole rings is 1. The van der Waals surface area contributed by atoms with Crippen molar-refractivity contribution in [1.82, 2.24) is 29.7 Å². The lowest BCUT2D eigenvalue weighted by molar-refractivity contribution is -0.123. The molecule has 0 aliphatic heterocycles. The van der Waals surface area contributed by atoms with Gasteiger partial charge in [-0.3, -0.25) is 19.4 Å². The molecule has 0 saturated heterocycles. The van der Waals surface area contributed by atoms with E-state index in [0.717, 1.165) is 33.1 Å². The fraction of sp³-hybridized carbons (Fsp3) is 0.167. The molecule has 0 radical (unpaired) electrons. The highest BCUT2D eigenvalue weighted by Crippen LogP contribution is 2.33. The maximum Gasteiger partial charge on any atom is 0.229 e. The minimum atomic E-state index is -0.516. The number of aromatic amines is 1. The molecule has 2 N–H and O–H groups in total. The van der Waals surface area contributed by atoms with Gasteiger partial charge in [-0.15, -0.1) is 0 Å². The van der Waals surface area contributed by atoms with E-state index < -0.39 is 5.41 Å². The Bertz CT molecular complexity index is 1860. The van der Waals surface area contributed by atoms with E-state index >= 15 is 0 Å². The third kappa shape index (κ3) is 4.52. The summed E-state index contributed by atoms with van der Waals surface area (Å²) in [6, 6.07) is 16.1. The van der Waals surface area contributed by atoms with Crippen molar-refractivity contribution in [3.63, 3.8) is 0 Å². The lowest BCUT2D eigenvalue weighted by Crippen LogP contribution is -2.27. The number of aromatic nitrogens is 6. The first-order chi connectivity index (χ1) is 18.7. The summed E-state index contributed by atoms with van der Waals surface area (Å²) in [6.07, 6.45) is 5.12. The van der Waals surface area contributed by atoms with Crippen LogP contribution in [-0.4, -0.2) is 35.6 Å². The maximum atomic E-state index is 13.5. The van der Waals surface area contributed by atoms with Crippen LogP contribution >= 0.6 is 0 Å². The molecule has 0 spiro atoms. The van der Waals surface area contributed by atoms with E-state index in [1.165, 1.54) is 12.1 Å². The number of rotatable bonds is 4. The van der Waals surface area contributed by atoms with Crippen LogP contribution in [0.5, 0.6) is 0 Å². The van der Waals surface area contributed by atoms with Crippen LogP contribution in [0.4, 0.5) is 10.1 Å². The van der Waals surface area contributed by atoms with E-state index in [2.05, 4.69) is 26.3 Å². The summed E-state index contributed by atoms with van der Waals surface area (Å²) in [5.74, 6) is 0.223. The van der Waals surface area contributed by atoms with Gasteiger partial charge in [0.2, 0.25) is 5.91 Å². The normalized spacial score (nSPS) is 11.8. The van der Waals surface area contributed by atoms with Gasteiger partial charge >= 0.3 is 0 Å². The van der Waals surface area contributed by atoms with Crippen LogP contribution in [0.1, 0.15) is 20.8 Å². The Labute approximate surface area is 224 Å². The molecule has 0 aliphatic carbocycles. The Balaban J connectivity index is 1.42. The molecule has 4 heterocycles. The van der Waals surface area contributed by atoms with Crippen molar-refractivity contribution in [2.45, 2.75) is 20.8 Å². The number of hydrogen-bond donors (Lipinski definition) is 2. The van der Waals surface area contributed by atoms with Crippen molar-refractivity contribution in [3.05, 3.63) is 79.0 Å². The van der Waals surface area contributed by atoms with Crippen molar-refractivity contribution in [3.8, 4) is 33.9 Å². The van der Waals surface area contributed by atoms with Gasteiger partial charge in [0.15, 0.2) is 5.82 Å². The van der Waals surface area contributed by atoms with Crippen molar-refractivity contribution in [2.24, 2.45) is 12.5 Å². The summed E-state index contributed by atoms with van der Waals surface area (Å²) in [5, 5.41) is 8.63. The summed E-state index contributed by atoms with van der Waals surface area (Å²) >= 11 is 0. The van der Waals surface area contributed by atoms with E-state index in [9.17, 15) is 9.18 Å². The fourth-order valence-corrected chi connectivity index (χ4v) is 4.47. The zero-order chi connectivity index (χ0) is 27.3. The van der Waals surface area contributed by atoms with Gasteiger partial charge in [0.25, 0.3) is 0 Å². The largest absolute Gasteiger partial charge is 0.336 e. The molecule has 0 atom stereocenters. The summed E-state index contributed by atoms with van der Waals surface area (Å²) in [5.41, 5.74) is 6.48. The lowest BCUT2D eigenvalue weighted by atomic mass is 9.95. The van der Waals surface area contributed by atoms with Crippen LogP contribution in [0.2, 0.25) is 0 Å². The molecule has 2 aromatic carbocycles. The quantitative estimate of drug-likeness (QED) is 0.282. The molecular formula is C30H26FN7O. The number of fused-ring (bicyclic) bond motifs is 2. The monoisotopic (exact) mass is 519 g/mol. The molecular weight excluding hydrogens is 493 g/mol. The zero-order valence-corrected chi connectivity index (χ0v) is 22.0. The summed E-state index contributed by atoms with van der Waals surface area (Å²) in [4.78, 5) is 29.6. The number of H-pyrrole nitrogens is 1. The summed E-state index contributed by atoms with van der Waals surface area (Å²) < 4.78 is 15.3. The van der Waals surface area contributed by atoms with Crippen LogP contribution in [-0.2, 0) is 11.8 Å². The molecule has 8 nitrogen and oxygen atoms in total. The van der Waals surface area contributed by atoms with E-state index in [4.69, 9.17) is 10.1 Å². The summed E-state index contributed by atoms with van der Waals surface area (Å²) in [6.45, 7) is 5.61. The highest BCUT2D eigenvalue weighted by atomic mass is 19.1.